The molecule has 4 aromatic carbocycles. The van der Waals surface area contributed by atoms with Crippen molar-refractivity contribution >= 4 is 135 Å². The average molecular weight is 1460 g/mol. The molecule has 29 nitrogen and oxygen atoms in total. The number of primary sulfonamides is 1. The molecule has 0 unspecified atom stereocenters. The minimum atomic E-state index is -4.69. The van der Waals surface area contributed by atoms with Crippen LogP contribution in [0.5, 0.6) is 0 Å². The molecule has 520 valence electrons. The Morgan fingerprint density at radius 2 is 1.23 bits per heavy atom. The number of benzene rings is 4. The van der Waals surface area contributed by atoms with Gasteiger partial charge in [0.2, 0.25) is 27.0 Å². The summed E-state index contributed by atoms with van der Waals surface area (Å²) in [6.45, 7) is 7.94. The number of carbonyl (C=O) groups excluding carboxylic acids is 4. The van der Waals surface area contributed by atoms with Crippen LogP contribution in [0.3, 0.4) is 0 Å². The normalized spacial score (nSPS) is 15.3. The van der Waals surface area contributed by atoms with E-state index < -0.39 is 94.9 Å². The molecule has 35 heteroatoms. The summed E-state index contributed by atoms with van der Waals surface area (Å²) in [6.07, 6.45) is 11.3. The van der Waals surface area contributed by atoms with Gasteiger partial charge in [-0.25, -0.2) is 13.6 Å². The summed E-state index contributed by atoms with van der Waals surface area (Å²) in [5.74, 6) is -2.93. The molecule has 98 heavy (non-hydrogen) atoms. The van der Waals surface area contributed by atoms with Crippen LogP contribution in [0.4, 0.5) is 16.5 Å². The predicted molar refractivity (Wildman–Crippen MR) is 366 cm³/mol. The van der Waals surface area contributed by atoms with E-state index in [4.69, 9.17) is 10.1 Å². The summed E-state index contributed by atoms with van der Waals surface area (Å²) >= 11 is 0.577. The van der Waals surface area contributed by atoms with Gasteiger partial charge >= 0.3 is 0 Å². The molecule has 7 aromatic rings. The van der Waals surface area contributed by atoms with Gasteiger partial charge in [0.1, 0.15) is 16.3 Å². The minimum Gasteiger partial charge on any atom is -0.352 e. The van der Waals surface area contributed by atoms with Gasteiger partial charge in [-0.05, 0) is 110 Å². The molecule has 0 fully saturated rings. The van der Waals surface area contributed by atoms with Crippen molar-refractivity contribution in [3.8, 4) is 0 Å². The summed E-state index contributed by atoms with van der Waals surface area (Å²) in [6, 6.07) is 21.7. The maximum absolute atomic E-state index is 13.6. The molecule has 2 aliphatic heterocycles. The van der Waals surface area contributed by atoms with Crippen molar-refractivity contribution in [3.63, 3.8) is 0 Å². The quantitative estimate of drug-likeness (QED) is 0.00805. The van der Waals surface area contributed by atoms with Crippen molar-refractivity contribution in [2.24, 2.45) is 5.14 Å². The fourth-order valence-corrected chi connectivity index (χ4v) is 15.7. The molecular weight excluding hydrogens is 1390 g/mol. The highest BCUT2D eigenvalue weighted by Crippen LogP contribution is 2.52. The smallest absolute Gasteiger partial charge is 0.295 e. The first kappa shape index (κ1) is 73.6. The highest BCUT2D eigenvalue weighted by Gasteiger charge is 2.46. The first-order chi connectivity index (χ1) is 45.9. The maximum atomic E-state index is 13.6. The van der Waals surface area contributed by atoms with Crippen LogP contribution < -0.4 is 31.3 Å². The number of pyridine rings is 2. The second-order valence-corrected chi connectivity index (χ2v) is 32.7. The molecule has 0 saturated heterocycles. The summed E-state index contributed by atoms with van der Waals surface area (Å²) in [7, 11) is -22.3. The van der Waals surface area contributed by atoms with Gasteiger partial charge in [-0.15, -0.1) is 10.2 Å². The van der Waals surface area contributed by atoms with Crippen LogP contribution in [-0.4, -0.2) is 152 Å². The minimum absolute atomic E-state index is 0.0401. The first-order valence-electron chi connectivity index (χ1n) is 30.3. The molecule has 9 rings (SSSR count). The number of nitrogens with two attached hydrogens (primary N) is 1. The van der Waals surface area contributed by atoms with Crippen LogP contribution in [0.15, 0.2) is 141 Å². The highest BCUT2D eigenvalue weighted by atomic mass is 32.3. The third-order valence-corrected chi connectivity index (χ3v) is 22.0. The molecule has 10 N–H and O–H groups in total. The Kier molecular flexibility index (Phi) is 22.1. The van der Waals surface area contributed by atoms with E-state index in [0.29, 0.717) is 92.2 Å². The number of fused-ring (bicyclic) bond motifs is 6. The SMILES string of the molecule is CC1(C)C(=CC=C(C=CC2=[N+](CCCS(=O)(=O)O)c3ccc4c(S(=O)(=O)O)cccc4c3C2(C)C)c2ccc(C(=O)NCCCCCC(=O)NCc3ccc(C(=O)NCCC(=O)Nc4nnc(S(N)(=O)=O)s4)cn3)cn2)N(CCCS(=O)(=O)O)c2ccc3c(S(=O)(=O)O)cccc3c21. The van der Waals surface area contributed by atoms with E-state index in [9.17, 15) is 79.5 Å². The number of allylic oxidation sites excluding steroid dienone is 6. The lowest BCUT2D eigenvalue weighted by Crippen LogP contribution is -2.28. The van der Waals surface area contributed by atoms with Crippen LogP contribution in [0.1, 0.15) is 116 Å². The molecule has 0 spiro atoms. The Morgan fingerprint density at radius 1 is 0.622 bits per heavy atom. The van der Waals surface area contributed by atoms with Crippen LogP contribution in [0, 0.1) is 0 Å². The zero-order valence-corrected chi connectivity index (χ0v) is 58.1. The van der Waals surface area contributed by atoms with Crippen LogP contribution in [0.2, 0.25) is 0 Å². The van der Waals surface area contributed by atoms with E-state index in [2.05, 4.69) is 36.4 Å². The molecule has 5 heterocycles. The molecule has 0 atom stereocenters. The van der Waals surface area contributed by atoms with Crippen molar-refractivity contribution in [2.45, 2.75) is 104 Å². The third-order valence-electron chi connectivity index (χ3n) is 16.4. The van der Waals surface area contributed by atoms with E-state index in [1.54, 1.807) is 78.9 Å². The lowest BCUT2D eigenvalue weighted by molar-refractivity contribution is -0.437. The first-order valence-corrected chi connectivity index (χ1v) is 38.8. The van der Waals surface area contributed by atoms with Crippen molar-refractivity contribution in [1.82, 2.24) is 36.1 Å². The fourth-order valence-electron chi connectivity index (χ4n) is 12.0. The maximum Gasteiger partial charge on any atom is 0.295 e. The average Bonchev–Trinajstić information content (AvgIpc) is 1.56. The number of carbonyl (C=O) groups is 4. The van der Waals surface area contributed by atoms with Gasteiger partial charge in [0.05, 0.1) is 46.0 Å². The van der Waals surface area contributed by atoms with E-state index >= 15 is 0 Å². The highest BCUT2D eigenvalue weighted by molar-refractivity contribution is 7.91. The van der Waals surface area contributed by atoms with E-state index in [-0.39, 0.29) is 101 Å². The topological polar surface area (TPSA) is 452 Å². The number of rotatable bonds is 29. The van der Waals surface area contributed by atoms with Crippen molar-refractivity contribution in [3.05, 3.63) is 161 Å². The molecule has 0 radical (unpaired) electrons. The van der Waals surface area contributed by atoms with Gasteiger partial charge in [0.25, 0.3) is 62.3 Å². The summed E-state index contributed by atoms with van der Waals surface area (Å²) in [5, 5.41) is 24.0. The second-order valence-electron chi connectivity index (χ2n) is 24.1. The van der Waals surface area contributed by atoms with Crippen LogP contribution in [-0.2, 0) is 77.5 Å². The standard InChI is InChI=1S/C63H69N11O18S6/c1-62(2)52(73(32-10-34-94(79,80)81)48-25-22-43-45(56(48)62)12-8-14-50(43)97(87,88)89)27-19-39(20-28-53-63(3,4)57-46-13-9-15-51(98(90,91)92)44(46)23-26-49(57)74(53)33-11-35-95(82,83)84)47-24-18-41(37-68-47)58(77)65-30-7-5-6-16-54(75)69-38-42-21-17-40(36-67-42)59(78)66-31-29-55(76)70-60-71-72-61(93-60)96(64,85)86/h8-9,12-15,17-28,36-37H,5-7,10-11,16,29-35,38H2,1-4H3,(H9-,64,65,66,69,70,71,75,76,77,78,79,80,81,82,83,84,85,86,87,88,89,90,91,92)/p+1. The number of hydrogen-bond donors (Lipinski definition) is 9. The lowest BCUT2D eigenvalue weighted by Gasteiger charge is -2.27. The zero-order valence-electron chi connectivity index (χ0n) is 53.2. The van der Waals surface area contributed by atoms with Crippen molar-refractivity contribution in [2.75, 3.05) is 47.9 Å². The number of anilines is 2. The van der Waals surface area contributed by atoms with E-state index in [1.165, 1.54) is 42.7 Å². The van der Waals surface area contributed by atoms with Gasteiger partial charge in [0, 0.05) is 102 Å². The van der Waals surface area contributed by atoms with Gasteiger partial charge in [0.15, 0.2) is 5.71 Å². The molecule has 3 aromatic heterocycles. The predicted octanol–water partition coefficient (Wildman–Crippen LogP) is 6.39. The van der Waals surface area contributed by atoms with Crippen LogP contribution >= 0.6 is 11.3 Å². The largest absolute Gasteiger partial charge is 0.352 e. The van der Waals surface area contributed by atoms with Gasteiger partial charge < -0.3 is 26.2 Å². The van der Waals surface area contributed by atoms with E-state index in [1.807, 2.05) is 37.2 Å². The number of nitrogens with zero attached hydrogens (tertiary/aromatic N) is 6. The monoisotopic (exact) mass is 1460 g/mol. The Balaban J connectivity index is 0.912. The molecule has 0 saturated carbocycles. The van der Waals surface area contributed by atoms with Gasteiger partial charge in [-0.3, -0.25) is 47.4 Å². The summed E-state index contributed by atoms with van der Waals surface area (Å²) in [4.78, 5) is 61.5. The number of sulfonamides is 1. The number of nitrogens with one attached hydrogen (secondary N) is 4. The fraction of sp³-hybridized carbons (Fsp3) is 0.317. The number of amides is 4. The Bertz CT molecular complexity index is 5060. The summed E-state index contributed by atoms with van der Waals surface area (Å²) in [5.41, 5.74) is 3.36. The Morgan fingerprint density at radius 3 is 1.83 bits per heavy atom. The Labute approximate surface area is 569 Å². The molecule has 0 aliphatic carbocycles. The van der Waals surface area contributed by atoms with Gasteiger partial charge in [-0.2, -0.15) is 38.2 Å². The number of aromatic nitrogens is 4. The number of unbranched alkanes of at least 4 members (excludes halogenated alkanes) is 2. The molecule has 0 bridgehead atoms. The van der Waals surface area contributed by atoms with Crippen molar-refractivity contribution in [1.29, 1.82) is 0 Å². The molecular formula is C63H70N11O18S6+. The second kappa shape index (κ2) is 29.4. The number of hydrogen-bond acceptors (Lipinski definition) is 20. The van der Waals surface area contributed by atoms with Crippen LogP contribution in [0.25, 0.3) is 27.1 Å². The summed E-state index contributed by atoms with van der Waals surface area (Å²) < 4.78 is 163. The van der Waals surface area contributed by atoms with E-state index in [0.717, 1.165) is 0 Å². The lowest BCUT2D eigenvalue weighted by atomic mass is 9.79. The van der Waals surface area contributed by atoms with Gasteiger partial charge in [-0.1, -0.05) is 68.0 Å². The molecule has 2 aliphatic rings. The zero-order chi connectivity index (χ0) is 71.3. The third kappa shape index (κ3) is 17.6. The van der Waals surface area contributed by atoms with Crippen molar-refractivity contribution < 1.29 is 84.1 Å². The molecule has 4 amide bonds. The Hall–Kier alpha value is -8.62.